The van der Waals surface area contributed by atoms with E-state index in [0.717, 1.165) is 0 Å². The molecule has 10 nitrogen and oxygen atoms in total. The van der Waals surface area contributed by atoms with Crippen LogP contribution in [0.4, 0.5) is 0 Å². The van der Waals surface area contributed by atoms with Gasteiger partial charge in [0.1, 0.15) is 12.7 Å². The highest BCUT2D eigenvalue weighted by atomic mass is 31.2. The second-order valence-corrected chi connectivity index (χ2v) is 4.88. The average Bonchev–Trinajstić information content (AvgIpc) is 2.22. The minimum Gasteiger partial charge on any atom is -0.303 e. The van der Waals surface area contributed by atoms with Gasteiger partial charge < -0.3 is 9.79 Å². The second-order valence-electron chi connectivity index (χ2n) is 2.41. The van der Waals surface area contributed by atoms with Gasteiger partial charge in [-0.05, 0) is 0 Å². The van der Waals surface area contributed by atoms with E-state index in [2.05, 4.69) is 23.6 Å². The number of phosphoric acid groups is 2. The quantitative estimate of drug-likeness (QED) is 0.450. The van der Waals surface area contributed by atoms with E-state index in [1.54, 1.807) is 0 Å². The summed E-state index contributed by atoms with van der Waals surface area (Å²) in [4.78, 5) is 33.8. The van der Waals surface area contributed by atoms with Crippen molar-refractivity contribution in [3.05, 3.63) is 0 Å². The van der Waals surface area contributed by atoms with Crippen LogP contribution in [0.2, 0.25) is 0 Å². The smallest absolute Gasteiger partial charge is 0.303 e. The van der Waals surface area contributed by atoms with Crippen LogP contribution in [0.3, 0.4) is 0 Å². The van der Waals surface area contributed by atoms with Crippen molar-refractivity contribution in [2.45, 2.75) is 6.10 Å². The highest BCUT2D eigenvalue weighted by Crippen LogP contribution is 2.45. The van der Waals surface area contributed by atoms with E-state index in [1.165, 1.54) is 0 Å². The lowest BCUT2D eigenvalue weighted by Crippen LogP contribution is -2.22. The van der Waals surface area contributed by atoms with Crippen molar-refractivity contribution in [1.29, 1.82) is 0 Å². The largest absolute Gasteiger partial charge is 0.526 e. The van der Waals surface area contributed by atoms with Crippen molar-refractivity contribution < 1.29 is 47.5 Å². The molecule has 0 aromatic carbocycles. The van der Waals surface area contributed by atoms with Gasteiger partial charge in [0.15, 0.2) is 0 Å². The van der Waals surface area contributed by atoms with E-state index < -0.39 is 28.4 Å². The Morgan fingerprint density at radius 1 is 1.47 bits per heavy atom. The maximum absolute atomic E-state index is 10.7. The van der Waals surface area contributed by atoms with Gasteiger partial charge in [-0.15, -0.1) is 9.35 Å². The zero-order chi connectivity index (χ0) is 11.5. The first kappa shape index (κ1) is 13.2. The summed E-state index contributed by atoms with van der Waals surface area (Å²) < 4.78 is 32.8. The van der Waals surface area contributed by atoms with Crippen LogP contribution in [0.1, 0.15) is 0 Å². The SMILES string of the molecule is O=P(O)(O)OCC1COOP(=O)(O)OO1. The predicted molar refractivity (Wildman–Crippen MR) is 40.8 cm³/mol. The molecule has 0 radical (unpaired) electrons. The molecule has 2 atom stereocenters. The molecule has 90 valence electrons. The summed E-state index contributed by atoms with van der Waals surface area (Å²) in [5.41, 5.74) is 0. The van der Waals surface area contributed by atoms with Crippen molar-refractivity contribution in [3.63, 3.8) is 0 Å². The molecular weight excluding hydrogens is 258 g/mol. The van der Waals surface area contributed by atoms with Crippen molar-refractivity contribution in [2.75, 3.05) is 13.2 Å². The molecular formula is C3H8O10P2. The minimum atomic E-state index is -4.64. The van der Waals surface area contributed by atoms with Gasteiger partial charge in [0, 0.05) is 0 Å². The summed E-state index contributed by atoms with van der Waals surface area (Å²) in [6.45, 7) is -0.974. The Balaban J connectivity index is 2.39. The van der Waals surface area contributed by atoms with Crippen LogP contribution < -0.4 is 0 Å². The lowest BCUT2D eigenvalue weighted by molar-refractivity contribution is -0.255. The van der Waals surface area contributed by atoms with Crippen LogP contribution in [-0.2, 0) is 32.8 Å². The molecule has 0 saturated carbocycles. The topological polar surface area (TPSA) is 141 Å². The van der Waals surface area contributed by atoms with Gasteiger partial charge in [0.2, 0.25) is 0 Å². The molecule has 0 amide bonds. The molecule has 15 heavy (non-hydrogen) atoms. The molecule has 0 aliphatic carbocycles. The molecule has 1 aliphatic heterocycles. The maximum Gasteiger partial charge on any atom is 0.526 e. The molecule has 0 aromatic heterocycles. The van der Waals surface area contributed by atoms with Gasteiger partial charge in [-0.1, -0.05) is 0 Å². The molecule has 2 unspecified atom stereocenters. The molecule has 1 heterocycles. The van der Waals surface area contributed by atoms with Gasteiger partial charge in [-0.25, -0.2) is 18.9 Å². The molecule has 1 saturated heterocycles. The summed E-state index contributed by atoms with van der Waals surface area (Å²) in [5, 5.41) is 0. The normalized spacial score (nSPS) is 33.7. The fourth-order valence-electron chi connectivity index (χ4n) is 0.584. The molecule has 0 aromatic rings. The van der Waals surface area contributed by atoms with E-state index in [-0.39, 0.29) is 6.61 Å². The Kier molecular flexibility index (Phi) is 4.38. The summed E-state index contributed by atoms with van der Waals surface area (Å²) in [6.07, 6.45) is -1.10. The van der Waals surface area contributed by atoms with E-state index in [1.807, 2.05) is 0 Å². The maximum atomic E-state index is 10.7. The molecule has 3 N–H and O–H groups in total. The highest BCUT2D eigenvalue weighted by molar-refractivity contribution is 7.47. The molecule has 12 heteroatoms. The zero-order valence-corrected chi connectivity index (χ0v) is 8.87. The van der Waals surface area contributed by atoms with E-state index in [0.29, 0.717) is 0 Å². The Bertz CT molecular complexity index is 295. The third-order valence-corrected chi connectivity index (χ3v) is 2.16. The Morgan fingerprint density at radius 2 is 2.13 bits per heavy atom. The molecule has 1 aliphatic rings. The van der Waals surface area contributed by atoms with Gasteiger partial charge in [-0.3, -0.25) is 9.42 Å². The molecule has 1 rings (SSSR count). The fourth-order valence-corrected chi connectivity index (χ4v) is 1.39. The summed E-state index contributed by atoms with van der Waals surface area (Å²) in [7, 11) is -9.07. The third kappa shape index (κ3) is 5.69. The van der Waals surface area contributed by atoms with Crippen molar-refractivity contribution in [2.24, 2.45) is 0 Å². The van der Waals surface area contributed by atoms with Crippen LogP contribution in [0.25, 0.3) is 0 Å². The van der Waals surface area contributed by atoms with Crippen LogP contribution >= 0.6 is 15.6 Å². The first-order valence-corrected chi connectivity index (χ1v) is 6.50. The Labute approximate surface area is 83.4 Å². The monoisotopic (exact) mass is 266 g/mol. The Hall–Kier alpha value is 0.140. The second kappa shape index (κ2) is 4.98. The minimum absolute atomic E-state index is 0.384. The van der Waals surface area contributed by atoms with Gasteiger partial charge in [-0.2, -0.15) is 0 Å². The summed E-state index contributed by atoms with van der Waals surface area (Å²) >= 11 is 0. The lowest BCUT2D eigenvalue weighted by atomic mass is 10.4. The van der Waals surface area contributed by atoms with Crippen molar-refractivity contribution in [3.8, 4) is 0 Å². The van der Waals surface area contributed by atoms with Gasteiger partial charge >= 0.3 is 15.6 Å². The van der Waals surface area contributed by atoms with Crippen molar-refractivity contribution >= 4 is 15.6 Å². The third-order valence-electron chi connectivity index (χ3n) is 1.10. The van der Waals surface area contributed by atoms with E-state index >= 15 is 0 Å². The van der Waals surface area contributed by atoms with Crippen LogP contribution in [0.15, 0.2) is 0 Å². The fraction of sp³-hybridized carbons (Fsp3) is 1.00. The average molecular weight is 266 g/mol. The zero-order valence-electron chi connectivity index (χ0n) is 7.09. The first-order valence-electron chi connectivity index (χ1n) is 3.48. The summed E-state index contributed by atoms with van der Waals surface area (Å²) in [5.74, 6) is 0. The molecule has 1 fully saturated rings. The number of rotatable bonds is 3. The standard InChI is InChI=1S/C3H8O10P2/c4-14(5,6)10-2-3-1-9-12-15(7,8)13-11-3/h3H,1-2H2,(H,7,8)(H2,4,5,6). The number of hydrogen-bond acceptors (Lipinski definition) is 7. The Morgan fingerprint density at radius 3 is 2.73 bits per heavy atom. The van der Waals surface area contributed by atoms with Gasteiger partial charge in [0.05, 0.1) is 6.61 Å². The van der Waals surface area contributed by atoms with E-state index in [4.69, 9.17) is 14.7 Å². The van der Waals surface area contributed by atoms with Crippen LogP contribution in [0.5, 0.6) is 0 Å². The first-order chi connectivity index (χ1) is 6.79. The van der Waals surface area contributed by atoms with Crippen LogP contribution in [-0.4, -0.2) is 34.0 Å². The molecule has 0 bridgehead atoms. The number of phosphoric ester groups is 1. The van der Waals surface area contributed by atoms with Crippen molar-refractivity contribution in [1.82, 2.24) is 0 Å². The highest BCUT2D eigenvalue weighted by Gasteiger charge is 2.32. The van der Waals surface area contributed by atoms with Crippen LogP contribution in [0, 0.1) is 0 Å². The van der Waals surface area contributed by atoms with Gasteiger partial charge in [0.25, 0.3) is 0 Å². The summed E-state index contributed by atoms with van der Waals surface area (Å²) in [6, 6.07) is 0. The lowest BCUT2D eigenvalue weighted by Gasteiger charge is -2.11. The predicted octanol–water partition coefficient (Wildman–Crippen LogP) is -0.525. The van der Waals surface area contributed by atoms with E-state index in [9.17, 15) is 9.13 Å². The molecule has 0 spiro atoms. The number of hydrogen-bond donors (Lipinski definition) is 3.